The van der Waals surface area contributed by atoms with Crippen molar-refractivity contribution in [2.75, 3.05) is 42.3 Å². The number of carbonyl (C=O) groups excluding carboxylic acids is 1. The van der Waals surface area contributed by atoms with Crippen LogP contribution >= 0.6 is 11.9 Å². The van der Waals surface area contributed by atoms with Crippen LogP contribution in [0.1, 0.15) is 19.8 Å². The van der Waals surface area contributed by atoms with Gasteiger partial charge in [-0.05, 0) is 36.2 Å². The molecule has 1 saturated heterocycles. The molecule has 1 aliphatic heterocycles. The van der Waals surface area contributed by atoms with Gasteiger partial charge < -0.3 is 20.3 Å². The number of hydrogen-bond acceptors (Lipinski definition) is 10. The predicted octanol–water partition coefficient (Wildman–Crippen LogP) is 4.15. The topological polar surface area (TPSA) is 104 Å². The quantitative estimate of drug-likeness (QED) is 0.399. The Hall–Kier alpha value is -3.37. The van der Waals surface area contributed by atoms with E-state index in [1.54, 1.807) is 19.1 Å². The molecule has 33 heavy (non-hydrogen) atoms. The Morgan fingerprint density at radius 2 is 1.76 bits per heavy atom. The van der Waals surface area contributed by atoms with E-state index in [0.717, 1.165) is 41.6 Å². The van der Waals surface area contributed by atoms with E-state index in [-0.39, 0.29) is 0 Å². The number of aromatic nitrogens is 3. The molecule has 3 N–H and O–H groups in total. The summed E-state index contributed by atoms with van der Waals surface area (Å²) in [6, 6.07) is 13.9. The molecular formula is C23H27N7O2S. The number of hydrogen-bond donors (Lipinski definition) is 3. The number of anilines is 5. The Labute approximate surface area is 197 Å². The lowest BCUT2D eigenvalue weighted by molar-refractivity contribution is -0.119. The van der Waals surface area contributed by atoms with Crippen molar-refractivity contribution < 1.29 is 9.53 Å². The smallest absolute Gasteiger partial charge is 0.232 e. The number of para-hydroxylation sites is 1. The van der Waals surface area contributed by atoms with Gasteiger partial charge in [-0.3, -0.25) is 9.52 Å². The summed E-state index contributed by atoms with van der Waals surface area (Å²) in [6.45, 7) is 4.37. The summed E-state index contributed by atoms with van der Waals surface area (Å²) in [5, 5.41) is 6.48. The third-order valence-electron chi connectivity index (χ3n) is 5.15. The zero-order valence-corrected chi connectivity index (χ0v) is 19.5. The number of benzene rings is 2. The van der Waals surface area contributed by atoms with Crippen molar-refractivity contribution in [1.29, 1.82) is 0 Å². The highest BCUT2D eigenvalue weighted by Crippen LogP contribution is 2.32. The summed E-state index contributed by atoms with van der Waals surface area (Å²) < 4.78 is 8.85. The maximum absolute atomic E-state index is 11.5. The van der Waals surface area contributed by atoms with Crippen molar-refractivity contribution in [2.45, 2.75) is 24.7 Å². The van der Waals surface area contributed by atoms with Crippen LogP contribution in [0.2, 0.25) is 0 Å². The van der Waals surface area contributed by atoms with Crippen molar-refractivity contribution in [3.05, 3.63) is 48.8 Å². The molecule has 9 nitrogen and oxygen atoms in total. The molecule has 2 aromatic carbocycles. The van der Waals surface area contributed by atoms with Gasteiger partial charge in [0.1, 0.15) is 17.9 Å². The fraction of sp³-hybridized carbons (Fsp3) is 0.304. The molecule has 2 heterocycles. The minimum absolute atomic E-state index is 0.318. The predicted molar refractivity (Wildman–Crippen MR) is 132 cm³/mol. The van der Waals surface area contributed by atoms with Crippen LogP contribution in [0.3, 0.4) is 0 Å². The number of nitrogens with one attached hydrogen (secondary N) is 3. The first-order chi connectivity index (χ1) is 16.2. The fourth-order valence-corrected chi connectivity index (χ4v) is 4.14. The lowest BCUT2D eigenvalue weighted by Gasteiger charge is -2.28. The third kappa shape index (κ3) is 5.91. The Kier molecular flexibility index (Phi) is 7.59. The zero-order chi connectivity index (χ0) is 23.0. The van der Waals surface area contributed by atoms with Crippen LogP contribution in [-0.4, -0.2) is 47.5 Å². The summed E-state index contributed by atoms with van der Waals surface area (Å²) >= 11 is 1.55. The molecule has 0 saturated carbocycles. The number of carbonyl (C=O) groups is 1. The van der Waals surface area contributed by atoms with E-state index in [1.165, 1.54) is 6.33 Å². The van der Waals surface area contributed by atoms with E-state index in [4.69, 9.17) is 4.74 Å². The number of piperidine rings is 1. The highest BCUT2D eigenvalue weighted by molar-refractivity contribution is 7.97. The normalized spacial score (nSPS) is 13.6. The van der Waals surface area contributed by atoms with E-state index >= 15 is 0 Å². The molecule has 0 radical (unpaired) electrons. The van der Waals surface area contributed by atoms with Gasteiger partial charge in [0.05, 0.1) is 18.5 Å². The van der Waals surface area contributed by atoms with Gasteiger partial charge in [-0.25, -0.2) is 9.97 Å². The second kappa shape index (κ2) is 11.0. The van der Waals surface area contributed by atoms with Crippen LogP contribution < -0.4 is 25.0 Å². The van der Waals surface area contributed by atoms with E-state index in [1.807, 2.05) is 42.5 Å². The van der Waals surface area contributed by atoms with Gasteiger partial charge in [-0.15, -0.1) is 0 Å². The number of ether oxygens (including phenoxy) is 1. The molecular weight excluding hydrogens is 438 g/mol. The molecule has 172 valence electrons. The van der Waals surface area contributed by atoms with Crippen LogP contribution in [0.15, 0.2) is 53.7 Å². The van der Waals surface area contributed by atoms with Crippen LogP contribution in [-0.2, 0) is 4.79 Å². The maximum atomic E-state index is 11.5. The molecule has 0 atom stereocenters. The van der Waals surface area contributed by atoms with E-state index in [2.05, 4.69) is 42.1 Å². The van der Waals surface area contributed by atoms with Gasteiger partial charge in [0.25, 0.3) is 0 Å². The lowest BCUT2D eigenvalue weighted by Crippen LogP contribution is -2.33. The summed E-state index contributed by atoms with van der Waals surface area (Å²) in [6.07, 6.45) is 2.63. The first kappa shape index (κ1) is 22.8. The van der Waals surface area contributed by atoms with Gasteiger partial charge >= 0.3 is 0 Å². The SMILES string of the molecule is CCNSc1ccccc1Nc1ncnc(Nc2ccc(N3CCC(=O)CC3)cc2OC)n1. The first-order valence-electron chi connectivity index (χ1n) is 10.8. The molecule has 4 rings (SSSR count). The molecule has 0 amide bonds. The molecule has 3 aromatic rings. The van der Waals surface area contributed by atoms with Gasteiger partial charge in [-0.2, -0.15) is 4.98 Å². The fourth-order valence-electron chi connectivity index (χ4n) is 3.46. The van der Waals surface area contributed by atoms with Crippen molar-refractivity contribution in [3.8, 4) is 5.75 Å². The second-order valence-electron chi connectivity index (χ2n) is 7.39. The lowest BCUT2D eigenvalue weighted by atomic mass is 10.1. The van der Waals surface area contributed by atoms with E-state index in [9.17, 15) is 4.79 Å². The Morgan fingerprint density at radius 1 is 1.03 bits per heavy atom. The van der Waals surface area contributed by atoms with Gasteiger partial charge in [0.2, 0.25) is 11.9 Å². The summed E-state index contributed by atoms with van der Waals surface area (Å²) in [7, 11) is 1.63. The number of rotatable bonds is 9. The van der Waals surface area contributed by atoms with Gasteiger partial charge in [0, 0.05) is 49.1 Å². The number of Topliss-reactive ketones (excluding diaryl/α,β-unsaturated/α-hetero) is 1. The third-order valence-corrected chi connectivity index (χ3v) is 6.16. The Balaban J connectivity index is 1.49. The maximum Gasteiger partial charge on any atom is 0.232 e. The Morgan fingerprint density at radius 3 is 2.48 bits per heavy atom. The van der Waals surface area contributed by atoms with Crippen molar-refractivity contribution in [3.63, 3.8) is 0 Å². The second-order valence-corrected chi connectivity index (χ2v) is 8.32. The molecule has 1 aliphatic rings. The minimum atomic E-state index is 0.318. The van der Waals surface area contributed by atoms with Crippen molar-refractivity contribution >= 4 is 46.7 Å². The van der Waals surface area contributed by atoms with E-state index < -0.39 is 0 Å². The highest BCUT2D eigenvalue weighted by Gasteiger charge is 2.18. The summed E-state index contributed by atoms with van der Waals surface area (Å²) in [5.74, 6) is 1.83. The molecule has 0 aliphatic carbocycles. The number of methoxy groups -OCH3 is 1. The average Bonchev–Trinajstić information content (AvgIpc) is 2.84. The zero-order valence-electron chi connectivity index (χ0n) is 18.7. The standard InChI is InChI=1S/C23H27N7O2S/c1-3-26-33-21-7-5-4-6-19(21)28-23-25-15-24-22(29-23)27-18-9-8-16(14-20(18)32-2)30-12-10-17(31)11-13-30/h4-9,14-15,26H,3,10-13H2,1-2H3,(H2,24,25,27,28,29). The van der Waals surface area contributed by atoms with Crippen molar-refractivity contribution in [1.82, 2.24) is 19.7 Å². The average molecular weight is 466 g/mol. The summed E-state index contributed by atoms with van der Waals surface area (Å²) in [4.78, 5) is 27.8. The van der Waals surface area contributed by atoms with Crippen LogP contribution in [0, 0.1) is 0 Å². The van der Waals surface area contributed by atoms with E-state index in [0.29, 0.717) is 36.3 Å². The monoisotopic (exact) mass is 465 g/mol. The Bertz CT molecular complexity index is 1100. The van der Waals surface area contributed by atoms with Gasteiger partial charge in [-0.1, -0.05) is 19.1 Å². The molecule has 1 aromatic heterocycles. The molecule has 0 spiro atoms. The van der Waals surface area contributed by atoms with Gasteiger partial charge in [0.15, 0.2) is 0 Å². The first-order valence-corrected chi connectivity index (χ1v) is 11.6. The molecule has 10 heteroatoms. The molecule has 1 fully saturated rings. The summed E-state index contributed by atoms with van der Waals surface area (Å²) in [5.41, 5.74) is 2.68. The largest absolute Gasteiger partial charge is 0.494 e. The minimum Gasteiger partial charge on any atom is -0.494 e. The van der Waals surface area contributed by atoms with Crippen LogP contribution in [0.5, 0.6) is 5.75 Å². The molecule has 0 unspecified atom stereocenters. The van der Waals surface area contributed by atoms with Crippen molar-refractivity contribution in [2.24, 2.45) is 0 Å². The highest BCUT2D eigenvalue weighted by atomic mass is 32.2. The number of ketones is 1. The van der Waals surface area contributed by atoms with Crippen LogP contribution in [0.4, 0.5) is 29.0 Å². The number of nitrogens with zero attached hydrogens (tertiary/aromatic N) is 4. The van der Waals surface area contributed by atoms with Crippen LogP contribution in [0.25, 0.3) is 0 Å². The molecule has 0 bridgehead atoms.